The van der Waals surface area contributed by atoms with Crippen LogP contribution in [-0.2, 0) is 16.0 Å². The number of ether oxygens (including phenoxy) is 1. The molecular formula is C14H20N6O2S. The Kier molecular flexibility index (Phi) is 4.99. The fourth-order valence-electron chi connectivity index (χ4n) is 2.45. The number of nitrogens with zero attached hydrogens (tertiary/aromatic N) is 4. The number of H-pyrrole nitrogens is 1. The molecule has 2 aromatic heterocycles. The molecule has 1 aliphatic rings. The van der Waals surface area contributed by atoms with Crippen molar-refractivity contribution in [1.29, 1.82) is 0 Å². The molecule has 0 aromatic carbocycles. The van der Waals surface area contributed by atoms with Gasteiger partial charge in [0.2, 0.25) is 5.91 Å². The predicted octanol–water partition coefficient (Wildman–Crippen LogP) is 1.22. The second-order valence-corrected chi connectivity index (χ2v) is 6.25. The lowest BCUT2D eigenvalue weighted by Crippen LogP contribution is -2.48. The zero-order chi connectivity index (χ0) is 16.2. The van der Waals surface area contributed by atoms with Crippen LogP contribution in [0.4, 0.5) is 5.13 Å². The Hall–Kier alpha value is -1.84. The molecule has 1 amide bonds. The molecule has 1 saturated heterocycles. The van der Waals surface area contributed by atoms with Crippen molar-refractivity contribution in [2.24, 2.45) is 0 Å². The summed E-state index contributed by atoms with van der Waals surface area (Å²) in [6, 6.07) is -0.269. The van der Waals surface area contributed by atoms with E-state index in [1.807, 2.05) is 19.2 Å². The average molecular weight is 336 g/mol. The second-order valence-electron chi connectivity index (χ2n) is 5.35. The van der Waals surface area contributed by atoms with Gasteiger partial charge in [0.05, 0.1) is 12.6 Å². The Morgan fingerprint density at radius 1 is 1.65 bits per heavy atom. The van der Waals surface area contributed by atoms with Crippen LogP contribution in [0, 0.1) is 0 Å². The van der Waals surface area contributed by atoms with E-state index in [1.165, 1.54) is 11.3 Å². The van der Waals surface area contributed by atoms with Crippen LogP contribution in [0.15, 0.2) is 11.6 Å². The molecule has 2 aromatic rings. The number of nitrogens with one attached hydrogen (secondary N) is 2. The molecule has 1 fully saturated rings. The minimum absolute atomic E-state index is 0.0650. The molecule has 0 bridgehead atoms. The van der Waals surface area contributed by atoms with Crippen molar-refractivity contribution in [3.05, 3.63) is 23.2 Å². The van der Waals surface area contributed by atoms with Crippen molar-refractivity contribution in [3.63, 3.8) is 0 Å². The molecule has 0 saturated carbocycles. The third-order valence-electron chi connectivity index (χ3n) is 3.86. The molecule has 23 heavy (non-hydrogen) atoms. The number of rotatable bonds is 5. The van der Waals surface area contributed by atoms with Gasteiger partial charge in [-0.05, 0) is 6.92 Å². The van der Waals surface area contributed by atoms with E-state index in [1.54, 1.807) is 6.20 Å². The van der Waals surface area contributed by atoms with E-state index in [4.69, 9.17) is 4.74 Å². The minimum atomic E-state index is -0.269. The summed E-state index contributed by atoms with van der Waals surface area (Å²) in [4.78, 5) is 22.9. The summed E-state index contributed by atoms with van der Waals surface area (Å²) < 4.78 is 5.76. The van der Waals surface area contributed by atoms with Crippen molar-refractivity contribution in [1.82, 2.24) is 25.1 Å². The number of carbonyl (C=O) groups is 1. The lowest BCUT2D eigenvalue weighted by atomic mass is 10.2. The predicted molar refractivity (Wildman–Crippen MR) is 86.2 cm³/mol. The Morgan fingerprint density at radius 3 is 3.22 bits per heavy atom. The molecular weight excluding hydrogens is 316 g/mol. The smallest absolute Gasteiger partial charge is 0.243 e. The molecule has 1 aliphatic heterocycles. The molecule has 9 heteroatoms. The van der Waals surface area contributed by atoms with Crippen LogP contribution in [-0.4, -0.2) is 56.7 Å². The normalized spacial score (nSPS) is 20.3. The van der Waals surface area contributed by atoms with Gasteiger partial charge < -0.3 is 10.1 Å². The summed E-state index contributed by atoms with van der Waals surface area (Å²) in [5.41, 5.74) is 0. The van der Waals surface area contributed by atoms with Gasteiger partial charge in [-0.15, -0.1) is 11.3 Å². The fraction of sp³-hybridized carbons (Fsp3) is 0.571. The highest BCUT2D eigenvalue weighted by Crippen LogP contribution is 2.21. The summed E-state index contributed by atoms with van der Waals surface area (Å²) >= 11 is 1.41. The van der Waals surface area contributed by atoms with Crippen molar-refractivity contribution in [3.8, 4) is 0 Å². The maximum Gasteiger partial charge on any atom is 0.243 e. The summed E-state index contributed by atoms with van der Waals surface area (Å²) in [5.74, 6) is 1.43. The first-order chi connectivity index (χ1) is 11.2. The SMILES string of the molecule is CCc1nc([C@@H]2CN([C@@H](C)C(=O)Nc3nccs3)CCO2)n[nH]1. The number of hydrogen-bond acceptors (Lipinski definition) is 7. The highest BCUT2D eigenvalue weighted by Gasteiger charge is 2.30. The van der Waals surface area contributed by atoms with Crippen LogP contribution in [0.25, 0.3) is 0 Å². The molecule has 8 nitrogen and oxygen atoms in total. The van der Waals surface area contributed by atoms with E-state index in [2.05, 4.69) is 30.4 Å². The molecule has 2 atom stereocenters. The molecule has 0 unspecified atom stereocenters. The zero-order valence-electron chi connectivity index (χ0n) is 13.2. The lowest BCUT2D eigenvalue weighted by Gasteiger charge is -2.34. The first-order valence-electron chi connectivity index (χ1n) is 7.64. The van der Waals surface area contributed by atoms with Gasteiger partial charge in [-0.3, -0.25) is 14.8 Å². The monoisotopic (exact) mass is 336 g/mol. The van der Waals surface area contributed by atoms with Gasteiger partial charge in [-0.1, -0.05) is 6.92 Å². The van der Waals surface area contributed by atoms with Gasteiger partial charge >= 0.3 is 0 Å². The summed E-state index contributed by atoms with van der Waals surface area (Å²) in [6.45, 7) is 5.75. The summed E-state index contributed by atoms with van der Waals surface area (Å²) in [5, 5.41) is 12.4. The van der Waals surface area contributed by atoms with E-state index in [9.17, 15) is 4.79 Å². The van der Waals surface area contributed by atoms with Crippen LogP contribution < -0.4 is 5.32 Å². The van der Waals surface area contributed by atoms with E-state index in [0.717, 1.165) is 12.2 Å². The summed E-state index contributed by atoms with van der Waals surface area (Å²) in [7, 11) is 0. The molecule has 3 heterocycles. The Morgan fingerprint density at radius 2 is 2.52 bits per heavy atom. The topological polar surface area (TPSA) is 96.0 Å². The van der Waals surface area contributed by atoms with Crippen LogP contribution in [0.3, 0.4) is 0 Å². The molecule has 3 rings (SSSR count). The van der Waals surface area contributed by atoms with Crippen LogP contribution in [0.2, 0.25) is 0 Å². The molecule has 0 radical (unpaired) electrons. The average Bonchev–Trinajstić information content (AvgIpc) is 3.25. The van der Waals surface area contributed by atoms with Crippen LogP contribution in [0.1, 0.15) is 31.6 Å². The van der Waals surface area contributed by atoms with Gasteiger partial charge in [-0.25, -0.2) is 9.97 Å². The highest BCUT2D eigenvalue weighted by atomic mass is 32.1. The molecule has 124 valence electrons. The Bertz CT molecular complexity index is 643. The van der Waals surface area contributed by atoms with Crippen LogP contribution in [0.5, 0.6) is 0 Å². The van der Waals surface area contributed by atoms with Gasteiger partial charge in [-0.2, -0.15) is 5.10 Å². The Labute approximate surface area is 138 Å². The third-order valence-corrected chi connectivity index (χ3v) is 4.55. The van der Waals surface area contributed by atoms with Gasteiger partial charge in [0.25, 0.3) is 0 Å². The maximum atomic E-state index is 12.3. The number of aromatic amines is 1. The van der Waals surface area contributed by atoms with Gasteiger partial charge in [0.1, 0.15) is 11.9 Å². The second kappa shape index (κ2) is 7.16. The lowest BCUT2D eigenvalue weighted by molar-refractivity contribution is -0.124. The van der Waals surface area contributed by atoms with Crippen molar-refractivity contribution in [2.75, 3.05) is 25.0 Å². The summed E-state index contributed by atoms with van der Waals surface area (Å²) in [6.07, 6.45) is 2.26. The third kappa shape index (κ3) is 3.74. The van der Waals surface area contributed by atoms with E-state index < -0.39 is 0 Å². The number of thiazole rings is 1. The number of aromatic nitrogens is 4. The maximum absolute atomic E-state index is 12.3. The number of anilines is 1. The van der Waals surface area contributed by atoms with E-state index in [0.29, 0.717) is 30.7 Å². The zero-order valence-corrected chi connectivity index (χ0v) is 14.0. The highest BCUT2D eigenvalue weighted by molar-refractivity contribution is 7.13. The van der Waals surface area contributed by atoms with Gasteiger partial charge in [0, 0.05) is 31.1 Å². The first kappa shape index (κ1) is 16.0. The van der Waals surface area contributed by atoms with Crippen molar-refractivity contribution < 1.29 is 9.53 Å². The first-order valence-corrected chi connectivity index (χ1v) is 8.52. The van der Waals surface area contributed by atoms with Crippen molar-refractivity contribution >= 4 is 22.4 Å². The number of aryl methyl sites for hydroxylation is 1. The number of amides is 1. The molecule has 2 N–H and O–H groups in total. The fourth-order valence-corrected chi connectivity index (χ4v) is 2.98. The Balaban J connectivity index is 1.62. The number of hydrogen-bond donors (Lipinski definition) is 2. The van der Waals surface area contributed by atoms with E-state index in [-0.39, 0.29) is 18.1 Å². The molecule has 0 spiro atoms. The molecule has 0 aliphatic carbocycles. The van der Waals surface area contributed by atoms with Crippen LogP contribution >= 0.6 is 11.3 Å². The minimum Gasteiger partial charge on any atom is -0.367 e. The van der Waals surface area contributed by atoms with Gasteiger partial charge in [0.15, 0.2) is 11.0 Å². The largest absolute Gasteiger partial charge is 0.367 e. The quantitative estimate of drug-likeness (QED) is 0.852. The number of carbonyl (C=O) groups excluding carboxylic acids is 1. The number of morpholine rings is 1. The van der Waals surface area contributed by atoms with Crippen molar-refractivity contribution in [2.45, 2.75) is 32.4 Å². The van der Waals surface area contributed by atoms with E-state index >= 15 is 0 Å². The standard InChI is InChI=1S/C14H20N6O2S/c1-3-11-16-12(19-18-11)10-8-20(5-6-22-10)9(2)13(21)17-14-15-4-7-23-14/h4,7,9-10H,3,5-6,8H2,1-2H3,(H,15,17,21)(H,16,18,19)/t9-,10-/m0/s1.